The molecule has 0 heterocycles. The van der Waals surface area contributed by atoms with Crippen molar-refractivity contribution in [2.24, 2.45) is 0 Å². The second kappa shape index (κ2) is 6.08. The molecule has 0 radical (unpaired) electrons. The summed E-state index contributed by atoms with van der Waals surface area (Å²) in [6.07, 6.45) is 0. The van der Waals surface area contributed by atoms with Crippen LogP contribution < -0.4 is 17.8 Å². The van der Waals surface area contributed by atoms with Gasteiger partial charge in [0.2, 0.25) is 0 Å². The Kier molecular flexibility index (Phi) is 7.89. The molecular weight excluding hydrogens is 174 g/mol. The van der Waals surface area contributed by atoms with Gasteiger partial charge in [0, 0.05) is 20.8 Å². The molecule has 0 saturated carbocycles. The Balaban J connectivity index is 0. The van der Waals surface area contributed by atoms with Crippen LogP contribution >= 0.6 is 0 Å². The van der Waals surface area contributed by atoms with Gasteiger partial charge in [-0.2, -0.15) is 0 Å². The molecule has 0 spiro atoms. The molecule has 10 heavy (non-hydrogen) atoms. The molecule has 0 unspecified atom stereocenters. The fraction of sp³-hybridized carbons (Fsp3) is 1.00. The lowest BCUT2D eigenvalue weighted by atomic mass is 10.9. The molecule has 0 atom stereocenters. The second-order valence-electron chi connectivity index (χ2n) is 1.52. The molecule has 0 bridgehead atoms. The third kappa shape index (κ3) is 4.21. The van der Waals surface area contributed by atoms with Crippen LogP contribution in [0.1, 0.15) is 6.92 Å². The van der Waals surface area contributed by atoms with Gasteiger partial charge in [0.1, 0.15) is 0 Å². The van der Waals surface area contributed by atoms with Crippen LogP contribution in [0, 0.1) is 0 Å². The zero-order valence-electron chi connectivity index (χ0n) is 6.52. The standard InChI is InChI=1S/C4H14NO3Si.ClH/c1-4-8-9(5,6-2)7-3;/h4H2,1-3,5H3;1H/q+1;/p-1. The summed E-state index contributed by atoms with van der Waals surface area (Å²) < 4.78 is 14.9. The van der Waals surface area contributed by atoms with Gasteiger partial charge >= 0.3 is 8.97 Å². The molecule has 0 amide bonds. The van der Waals surface area contributed by atoms with Gasteiger partial charge in [0.25, 0.3) is 0 Å². The Hall–Kier alpha value is 0.347. The first-order valence-corrected chi connectivity index (χ1v) is 4.71. The van der Waals surface area contributed by atoms with Gasteiger partial charge in [-0.3, -0.25) is 0 Å². The quantitative estimate of drug-likeness (QED) is 0.457. The highest BCUT2D eigenvalue weighted by atomic mass is 35.5. The van der Waals surface area contributed by atoms with Crippen molar-refractivity contribution in [1.82, 2.24) is 0 Å². The highest BCUT2D eigenvalue weighted by Crippen LogP contribution is 1.93. The zero-order chi connectivity index (χ0) is 7.33. The van der Waals surface area contributed by atoms with Gasteiger partial charge < -0.3 is 31.1 Å². The average Bonchev–Trinajstić information content (AvgIpc) is 1.89. The van der Waals surface area contributed by atoms with Crippen molar-refractivity contribution in [2.75, 3.05) is 20.8 Å². The minimum absolute atomic E-state index is 0. The maximum atomic E-state index is 5.11. The molecule has 0 saturated heterocycles. The smallest absolute Gasteiger partial charge is 0.779 e. The van der Waals surface area contributed by atoms with Crippen molar-refractivity contribution in [1.29, 1.82) is 0 Å². The van der Waals surface area contributed by atoms with Gasteiger partial charge in [-0.05, 0) is 6.92 Å². The van der Waals surface area contributed by atoms with E-state index in [1.807, 2.05) is 6.92 Å². The van der Waals surface area contributed by atoms with E-state index in [9.17, 15) is 0 Å². The molecule has 0 aliphatic heterocycles. The van der Waals surface area contributed by atoms with E-state index in [-0.39, 0.29) is 12.4 Å². The molecule has 6 heteroatoms. The first kappa shape index (κ1) is 13.0. The fourth-order valence-electron chi connectivity index (χ4n) is 0.421. The SMILES string of the molecule is CCO[Si]([NH3+])(OC)OC.[Cl-]. The van der Waals surface area contributed by atoms with Crippen molar-refractivity contribution in [3.8, 4) is 0 Å². The van der Waals surface area contributed by atoms with Crippen LogP contribution in [-0.4, -0.2) is 29.8 Å². The molecule has 0 aromatic carbocycles. The lowest BCUT2D eigenvalue weighted by Gasteiger charge is -2.12. The number of rotatable bonds is 4. The lowest BCUT2D eigenvalue weighted by Crippen LogP contribution is -3.00. The molecule has 0 aliphatic rings. The summed E-state index contributed by atoms with van der Waals surface area (Å²) in [6, 6.07) is 0. The molecule has 0 aromatic heterocycles. The van der Waals surface area contributed by atoms with E-state index >= 15 is 0 Å². The summed E-state index contributed by atoms with van der Waals surface area (Å²) in [4.78, 5) is 0. The van der Waals surface area contributed by atoms with Crippen molar-refractivity contribution in [2.45, 2.75) is 6.92 Å². The first-order chi connectivity index (χ1) is 4.18. The lowest BCUT2D eigenvalue weighted by molar-refractivity contribution is -0.309. The Bertz CT molecular complexity index is 80.9. The number of hydrogen-bond donors (Lipinski definition) is 1. The largest absolute Gasteiger partial charge is 1.00 e. The van der Waals surface area contributed by atoms with Crippen molar-refractivity contribution in [3.63, 3.8) is 0 Å². The maximum absolute atomic E-state index is 5.11. The molecule has 64 valence electrons. The van der Waals surface area contributed by atoms with Crippen molar-refractivity contribution >= 4 is 8.97 Å². The van der Waals surface area contributed by atoms with Crippen LogP contribution in [0.15, 0.2) is 0 Å². The summed E-state index contributed by atoms with van der Waals surface area (Å²) in [5.74, 6) is 0. The summed E-state index contributed by atoms with van der Waals surface area (Å²) in [5, 5.41) is 3.67. The molecule has 0 rings (SSSR count). The molecule has 0 aromatic rings. The van der Waals surface area contributed by atoms with E-state index in [0.29, 0.717) is 6.61 Å². The predicted molar refractivity (Wildman–Crippen MR) is 34.3 cm³/mol. The molecule has 0 fully saturated rings. The van der Waals surface area contributed by atoms with Crippen LogP contribution in [-0.2, 0) is 13.3 Å². The van der Waals surface area contributed by atoms with Gasteiger partial charge in [-0.1, -0.05) is 0 Å². The van der Waals surface area contributed by atoms with Crippen molar-refractivity contribution in [3.05, 3.63) is 0 Å². The van der Waals surface area contributed by atoms with Crippen LogP contribution in [0.3, 0.4) is 0 Å². The van der Waals surface area contributed by atoms with Crippen LogP contribution in [0.4, 0.5) is 0 Å². The van der Waals surface area contributed by atoms with Gasteiger partial charge in [-0.15, -0.1) is 0 Å². The monoisotopic (exact) mass is 187 g/mol. The molecule has 0 aliphatic carbocycles. The molecule has 4 nitrogen and oxygen atoms in total. The molecular formula is C4H14ClNO3Si. The summed E-state index contributed by atoms with van der Waals surface area (Å²) in [5.41, 5.74) is 0. The van der Waals surface area contributed by atoms with Gasteiger partial charge in [0.15, 0.2) is 0 Å². The minimum Gasteiger partial charge on any atom is -1.00 e. The van der Waals surface area contributed by atoms with Crippen molar-refractivity contribution < 1.29 is 31.1 Å². The second-order valence-corrected chi connectivity index (χ2v) is 4.00. The van der Waals surface area contributed by atoms with Gasteiger partial charge in [0.05, 0.1) is 0 Å². The highest BCUT2D eigenvalue weighted by Gasteiger charge is 2.44. The van der Waals surface area contributed by atoms with E-state index in [2.05, 4.69) is 5.40 Å². The van der Waals surface area contributed by atoms with Crippen LogP contribution in [0.25, 0.3) is 0 Å². The third-order valence-corrected chi connectivity index (χ3v) is 2.96. The normalized spacial score (nSPS) is 10.8. The predicted octanol–water partition coefficient (Wildman–Crippen LogP) is -4.00. The average molecular weight is 188 g/mol. The maximum Gasteiger partial charge on any atom is 0.779 e. The number of hydrogen-bond acceptors (Lipinski definition) is 3. The van der Waals surface area contributed by atoms with Crippen LogP contribution in [0.2, 0.25) is 0 Å². The Labute approximate surface area is 68.5 Å². The Morgan fingerprint density at radius 1 is 1.30 bits per heavy atom. The summed E-state index contributed by atoms with van der Waals surface area (Å²) >= 11 is 0. The topological polar surface area (TPSA) is 55.3 Å². The minimum atomic E-state index is -2.45. The summed E-state index contributed by atoms with van der Waals surface area (Å²) in [7, 11) is 0.633. The molecule has 3 N–H and O–H groups in total. The first-order valence-electron chi connectivity index (χ1n) is 2.78. The number of halogens is 1. The Morgan fingerprint density at radius 2 is 1.70 bits per heavy atom. The number of quaternary nitrogens is 1. The van der Waals surface area contributed by atoms with E-state index in [4.69, 9.17) is 13.3 Å². The Morgan fingerprint density at radius 3 is 1.80 bits per heavy atom. The highest BCUT2D eigenvalue weighted by molar-refractivity contribution is 6.49. The van der Waals surface area contributed by atoms with E-state index in [1.165, 1.54) is 0 Å². The summed E-state index contributed by atoms with van der Waals surface area (Å²) in [6.45, 7) is 2.46. The van der Waals surface area contributed by atoms with E-state index in [1.54, 1.807) is 14.2 Å². The fourth-order valence-corrected chi connectivity index (χ4v) is 1.26. The van der Waals surface area contributed by atoms with E-state index < -0.39 is 8.97 Å². The van der Waals surface area contributed by atoms with E-state index in [0.717, 1.165) is 0 Å². The zero-order valence-corrected chi connectivity index (χ0v) is 8.27. The van der Waals surface area contributed by atoms with Crippen LogP contribution in [0.5, 0.6) is 0 Å². The third-order valence-electron chi connectivity index (χ3n) is 0.986. The van der Waals surface area contributed by atoms with Gasteiger partial charge in [-0.25, -0.2) is 0 Å².